The quantitative estimate of drug-likeness (QED) is 0.239. The number of hydrogen-bond donors (Lipinski definition) is 3. The molecule has 0 bridgehead atoms. The van der Waals surface area contributed by atoms with E-state index < -0.39 is 31.4 Å². The van der Waals surface area contributed by atoms with Crippen molar-refractivity contribution < 1.29 is 23.2 Å². The lowest BCUT2D eigenvalue weighted by molar-refractivity contribution is 0.440. The zero-order valence-corrected chi connectivity index (χ0v) is 18.1. The second-order valence-corrected chi connectivity index (χ2v) is 9.23. The van der Waals surface area contributed by atoms with Crippen LogP contribution in [0.3, 0.4) is 0 Å². The van der Waals surface area contributed by atoms with Gasteiger partial charge >= 0.3 is 0 Å². The summed E-state index contributed by atoms with van der Waals surface area (Å²) in [5.74, 6) is -0.945. The molecule has 0 fully saturated rings. The van der Waals surface area contributed by atoms with Crippen molar-refractivity contribution in [2.45, 2.75) is 4.75 Å². The first-order valence-electron chi connectivity index (χ1n) is 7.90. The van der Waals surface area contributed by atoms with Crippen molar-refractivity contribution in [2.24, 2.45) is 0 Å². The van der Waals surface area contributed by atoms with Crippen molar-refractivity contribution in [1.29, 1.82) is 0 Å². The van der Waals surface area contributed by atoms with Crippen LogP contribution in [0.15, 0.2) is 54.6 Å². The van der Waals surface area contributed by atoms with Gasteiger partial charge in [-0.15, -0.1) is 0 Å². The summed E-state index contributed by atoms with van der Waals surface area (Å²) in [6, 6.07) is 12.1. The van der Waals surface area contributed by atoms with Crippen LogP contribution >= 0.6 is 46.4 Å². The number of hydrogen-bond acceptors (Lipinski definition) is 4. The average molecular weight is 494 g/mol. The summed E-state index contributed by atoms with van der Waals surface area (Å²) in [4.78, 5) is 0. The second-order valence-electron chi connectivity index (χ2n) is 6.06. The van der Waals surface area contributed by atoms with Crippen molar-refractivity contribution in [2.75, 3.05) is 0 Å². The molecule has 0 saturated carbocycles. The maximum Gasteiger partial charge on any atom is 0.283 e. The van der Waals surface area contributed by atoms with Gasteiger partial charge in [-0.1, -0.05) is 76.7 Å². The molecule has 0 heterocycles. The van der Waals surface area contributed by atoms with Gasteiger partial charge in [-0.3, -0.25) is 4.55 Å². The molecule has 1 atom stereocenters. The number of aromatic hydroxyl groups is 2. The summed E-state index contributed by atoms with van der Waals surface area (Å²) in [7, 11) is -5.13. The van der Waals surface area contributed by atoms with Gasteiger partial charge in [-0.05, 0) is 23.8 Å². The highest BCUT2D eigenvalue weighted by molar-refractivity contribution is 7.87. The minimum absolute atomic E-state index is 0.0560. The van der Waals surface area contributed by atoms with E-state index in [0.29, 0.717) is 0 Å². The zero-order chi connectivity index (χ0) is 21.6. The first-order chi connectivity index (χ1) is 13.5. The molecule has 3 aromatic carbocycles. The van der Waals surface area contributed by atoms with Crippen molar-refractivity contribution in [3.8, 4) is 11.5 Å². The molecular weight excluding hydrogens is 482 g/mol. The van der Waals surface area contributed by atoms with Crippen LogP contribution in [0.1, 0.15) is 16.7 Å². The Morgan fingerprint density at radius 2 is 1.45 bits per heavy atom. The van der Waals surface area contributed by atoms with Gasteiger partial charge in [0.15, 0.2) is 4.75 Å². The molecule has 29 heavy (non-hydrogen) atoms. The van der Waals surface area contributed by atoms with Crippen LogP contribution in [0.25, 0.3) is 0 Å². The van der Waals surface area contributed by atoms with Crippen molar-refractivity contribution in [3.63, 3.8) is 0 Å². The smallest absolute Gasteiger partial charge is 0.283 e. The van der Waals surface area contributed by atoms with Gasteiger partial charge in [-0.2, -0.15) is 8.42 Å². The molecular formula is C19H12Cl4O5S. The monoisotopic (exact) mass is 492 g/mol. The van der Waals surface area contributed by atoms with Crippen LogP contribution in [-0.4, -0.2) is 23.2 Å². The van der Waals surface area contributed by atoms with Gasteiger partial charge in [0.1, 0.15) is 16.5 Å². The molecule has 0 aromatic heterocycles. The molecule has 0 amide bonds. The van der Waals surface area contributed by atoms with Crippen LogP contribution in [0.5, 0.6) is 11.5 Å². The maximum atomic E-state index is 13.0. The Hall–Kier alpha value is -1.67. The van der Waals surface area contributed by atoms with E-state index in [0.717, 1.165) is 6.07 Å². The molecule has 3 aromatic rings. The standard InChI is InChI=1S/C19H12Cl4O5S/c20-11-5-3-4-10(8-11)19(29(26,27)28,12-6-1-2-7-14(12)24)16-13(21)9-15(25)17(22)18(16)23/h1-9,24-25H,(H,26,27,28). The summed E-state index contributed by atoms with van der Waals surface area (Å²) >= 11 is 24.7. The minimum Gasteiger partial charge on any atom is -0.508 e. The number of benzene rings is 3. The van der Waals surface area contributed by atoms with E-state index in [-0.39, 0.29) is 31.8 Å². The lowest BCUT2D eigenvalue weighted by Gasteiger charge is -2.34. The van der Waals surface area contributed by atoms with Crippen LogP contribution in [0, 0.1) is 0 Å². The Bertz CT molecular complexity index is 1210. The van der Waals surface area contributed by atoms with Gasteiger partial charge < -0.3 is 10.2 Å². The molecule has 0 aliphatic heterocycles. The minimum atomic E-state index is -5.13. The van der Waals surface area contributed by atoms with Gasteiger partial charge in [-0.25, -0.2) is 0 Å². The van der Waals surface area contributed by atoms with Crippen molar-refractivity contribution in [3.05, 3.63) is 91.4 Å². The molecule has 1 unspecified atom stereocenters. The van der Waals surface area contributed by atoms with Crippen LogP contribution in [0.4, 0.5) is 0 Å². The van der Waals surface area contributed by atoms with E-state index in [1.165, 1.54) is 48.5 Å². The number of para-hydroxylation sites is 1. The Morgan fingerprint density at radius 3 is 2.03 bits per heavy atom. The largest absolute Gasteiger partial charge is 0.508 e. The Kier molecular flexibility index (Phi) is 5.98. The average Bonchev–Trinajstić information content (AvgIpc) is 2.63. The van der Waals surface area contributed by atoms with Gasteiger partial charge in [0.25, 0.3) is 10.1 Å². The highest BCUT2D eigenvalue weighted by Gasteiger charge is 2.53. The Morgan fingerprint density at radius 1 is 0.793 bits per heavy atom. The summed E-state index contributed by atoms with van der Waals surface area (Å²) in [5, 5.41) is 19.5. The number of halogens is 4. The fourth-order valence-corrected chi connectivity index (χ4v) is 5.76. The number of phenolic OH excluding ortho intramolecular Hbond substituents is 2. The predicted molar refractivity (Wildman–Crippen MR) is 114 cm³/mol. The van der Waals surface area contributed by atoms with Gasteiger partial charge in [0.05, 0.1) is 10.0 Å². The fourth-order valence-electron chi connectivity index (χ4n) is 3.24. The maximum absolute atomic E-state index is 13.0. The molecule has 3 N–H and O–H groups in total. The highest BCUT2D eigenvalue weighted by atomic mass is 35.5. The topological polar surface area (TPSA) is 94.8 Å². The van der Waals surface area contributed by atoms with E-state index in [1.807, 2.05) is 0 Å². The molecule has 10 heteroatoms. The van der Waals surface area contributed by atoms with Gasteiger partial charge in [0, 0.05) is 22.2 Å². The van der Waals surface area contributed by atoms with E-state index in [1.54, 1.807) is 0 Å². The first-order valence-corrected chi connectivity index (χ1v) is 10.9. The van der Waals surface area contributed by atoms with Crippen molar-refractivity contribution >= 4 is 56.5 Å². The molecule has 0 aliphatic rings. The highest BCUT2D eigenvalue weighted by Crippen LogP contribution is 2.54. The lowest BCUT2D eigenvalue weighted by Crippen LogP contribution is -2.39. The molecule has 5 nitrogen and oxygen atoms in total. The van der Waals surface area contributed by atoms with E-state index in [9.17, 15) is 23.2 Å². The third-order valence-corrected chi connectivity index (χ3v) is 7.22. The molecule has 0 saturated heterocycles. The summed E-state index contributed by atoms with van der Waals surface area (Å²) < 4.78 is 34.0. The Balaban J connectivity index is 2.67. The van der Waals surface area contributed by atoms with Crippen LogP contribution in [-0.2, 0) is 14.9 Å². The molecule has 3 rings (SSSR count). The van der Waals surface area contributed by atoms with E-state index in [4.69, 9.17) is 46.4 Å². The molecule has 152 valence electrons. The van der Waals surface area contributed by atoms with Crippen LogP contribution in [0.2, 0.25) is 20.1 Å². The molecule has 0 radical (unpaired) electrons. The summed E-state index contributed by atoms with van der Waals surface area (Å²) in [6.45, 7) is 0. The molecule has 0 spiro atoms. The van der Waals surface area contributed by atoms with E-state index >= 15 is 0 Å². The zero-order valence-electron chi connectivity index (χ0n) is 14.3. The fraction of sp³-hybridized carbons (Fsp3) is 0.0526. The summed E-state index contributed by atoms with van der Waals surface area (Å²) in [6.07, 6.45) is 0. The number of phenols is 2. The normalized spacial score (nSPS) is 13.8. The number of rotatable bonds is 4. The SMILES string of the molecule is O=S(=O)(O)C(c1cccc(Cl)c1)(c1ccccc1O)c1c(Cl)cc(O)c(Cl)c1Cl. The van der Waals surface area contributed by atoms with Crippen molar-refractivity contribution in [1.82, 2.24) is 0 Å². The second kappa shape index (κ2) is 7.87. The lowest BCUT2D eigenvalue weighted by atomic mass is 9.83. The third kappa shape index (κ3) is 3.54. The van der Waals surface area contributed by atoms with Crippen LogP contribution < -0.4 is 0 Å². The summed E-state index contributed by atoms with van der Waals surface area (Å²) in [5.41, 5.74) is -0.648. The Labute approximate surface area is 186 Å². The predicted octanol–water partition coefficient (Wildman–Crippen LogP) is 5.89. The third-order valence-electron chi connectivity index (χ3n) is 4.39. The first kappa shape index (κ1) is 22.0. The van der Waals surface area contributed by atoms with Gasteiger partial charge in [0.2, 0.25) is 0 Å². The van der Waals surface area contributed by atoms with E-state index in [2.05, 4.69) is 0 Å². The molecule has 0 aliphatic carbocycles.